The van der Waals surface area contributed by atoms with Crippen molar-refractivity contribution in [3.05, 3.63) is 36.8 Å². The van der Waals surface area contributed by atoms with E-state index in [1.807, 2.05) is 28.8 Å². The second-order valence-corrected chi connectivity index (χ2v) is 3.13. The van der Waals surface area contributed by atoms with Crippen LogP contribution in [-0.2, 0) is 0 Å². The van der Waals surface area contributed by atoms with Crippen LogP contribution in [0.5, 0.6) is 0 Å². The highest BCUT2D eigenvalue weighted by atomic mass is 15.1. The first-order valence-electron chi connectivity index (χ1n) is 4.32. The van der Waals surface area contributed by atoms with Crippen LogP contribution in [-0.4, -0.2) is 14.4 Å². The number of nitrogen functional groups attached to an aromatic ring is 1. The van der Waals surface area contributed by atoms with Gasteiger partial charge in [0, 0.05) is 17.8 Å². The van der Waals surface area contributed by atoms with Crippen molar-refractivity contribution in [1.82, 2.24) is 14.4 Å². The first kappa shape index (κ1) is 7.32. The van der Waals surface area contributed by atoms with Crippen molar-refractivity contribution in [2.45, 2.75) is 0 Å². The lowest BCUT2D eigenvalue weighted by atomic mass is 10.2. The monoisotopic (exact) mass is 184 g/mol. The standard InChI is InChI=1S/C10H8N4/c11-9-6-13-10-7-2-1-4-12-8(7)3-5-14(9)10/h1-6H,11H2. The molecule has 14 heavy (non-hydrogen) atoms. The highest BCUT2D eigenvalue weighted by molar-refractivity contribution is 5.91. The summed E-state index contributed by atoms with van der Waals surface area (Å²) in [6, 6.07) is 5.82. The van der Waals surface area contributed by atoms with E-state index in [0.29, 0.717) is 5.82 Å². The Bertz CT molecular complexity index is 612. The molecule has 4 nitrogen and oxygen atoms in total. The van der Waals surface area contributed by atoms with Gasteiger partial charge in [0.2, 0.25) is 0 Å². The van der Waals surface area contributed by atoms with Gasteiger partial charge < -0.3 is 5.73 Å². The number of nitrogens with zero attached hydrogens (tertiary/aromatic N) is 3. The van der Waals surface area contributed by atoms with Gasteiger partial charge in [-0.3, -0.25) is 9.38 Å². The van der Waals surface area contributed by atoms with Crippen molar-refractivity contribution in [2.75, 3.05) is 5.73 Å². The summed E-state index contributed by atoms with van der Waals surface area (Å²) in [5.41, 5.74) is 7.54. The van der Waals surface area contributed by atoms with Crippen molar-refractivity contribution < 1.29 is 0 Å². The van der Waals surface area contributed by atoms with Crippen LogP contribution >= 0.6 is 0 Å². The normalized spacial score (nSPS) is 11.1. The fourth-order valence-electron chi connectivity index (χ4n) is 1.61. The predicted octanol–water partition coefficient (Wildman–Crippen LogP) is 1.46. The van der Waals surface area contributed by atoms with Crippen LogP contribution in [0.1, 0.15) is 0 Å². The van der Waals surface area contributed by atoms with Crippen LogP contribution in [0.15, 0.2) is 36.8 Å². The van der Waals surface area contributed by atoms with Gasteiger partial charge in [0.05, 0.1) is 11.7 Å². The number of aromatic nitrogens is 3. The molecule has 0 aliphatic heterocycles. The molecule has 4 heteroatoms. The third kappa shape index (κ3) is 0.821. The Balaban J connectivity index is 2.61. The Labute approximate surface area is 80.0 Å². The van der Waals surface area contributed by atoms with E-state index in [4.69, 9.17) is 5.73 Å². The minimum atomic E-state index is 0.644. The summed E-state index contributed by atoms with van der Waals surface area (Å²) in [4.78, 5) is 8.49. The topological polar surface area (TPSA) is 56.2 Å². The van der Waals surface area contributed by atoms with Crippen molar-refractivity contribution in [3.8, 4) is 0 Å². The van der Waals surface area contributed by atoms with E-state index in [1.54, 1.807) is 12.4 Å². The Morgan fingerprint density at radius 3 is 3.07 bits per heavy atom. The van der Waals surface area contributed by atoms with Gasteiger partial charge in [0.1, 0.15) is 11.5 Å². The SMILES string of the molecule is Nc1cnc2c3cccnc3ccn12. The van der Waals surface area contributed by atoms with Crippen LogP contribution in [0.4, 0.5) is 5.82 Å². The van der Waals surface area contributed by atoms with E-state index < -0.39 is 0 Å². The van der Waals surface area contributed by atoms with E-state index in [9.17, 15) is 0 Å². The van der Waals surface area contributed by atoms with Crippen LogP contribution in [0.25, 0.3) is 16.6 Å². The molecule has 0 unspecified atom stereocenters. The first-order chi connectivity index (χ1) is 6.86. The molecule has 0 radical (unpaired) electrons. The summed E-state index contributed by atoms with van der Waals surface area (Å²) in [5.74, 6) is 0.644. The summed E-state index contributed by atoms with van der Waals surface area (Å²) >= 11 is 0. The maximum Gasteiger partial charge on any atom is 0.147 e. The molecule has 0 aliphatic rings. The largest absolute Gasteiger partial charge is 0.383 e. The molecular weight excluding hydrogens is 176 g/mol. The number of fused-ring (bicyclic) bond motifs is 3. The van der Waals surface area contributed by atoms with Crippen molar-refractivity contribution in [3.63, 3.8) is 0 Å². The fourth-order valence-corrected chi connectivity index (χ4v) is 1.61. The zero-order chi connectivity index (χ0) is 9.54. The molecule has 0 aliphatic carbocycles. The third-order valence-electron chi connectivity index (χ3n) is 2.29. The van der Waals surface area contributed by atoms with Gasteiger partial charge in [-0.05, 0) is 18.2 Å². The number of hydrogen-bond donors (Lipinski definition) is 1. The van der Waals surface area contributed by atoms with Gasteiger partial charge >= 0.3 is 0 Å². The zero-order valence-electron chi connectivity index (χ0n) is 7.38. The maximum absolute atomic E-state index is 5.75. The van der Waals surface area contributed by atoms with Crippen LogP contribution in [0.2, 0.25) is 0 Å². The van der Waals surface area contributed by atoms with Crippen LogP contribution in [0.3, 0.4) is 0 Å². The van der Waals surface area contributed by atoms with Gasteiger partial charge in [-0.2, -0.15) is 0 Å². The lowest BCUT2D eigenvalue weighted by molar-refractivity contribution is 1.20. The minimum absolute atomic E-state index is 0.644. The van der Waals surface area contributed by atoms with Crippen molar-refractivity contribution in [2.24, 2.45) is 0 Å². The quantitative estimate of drug-likeness (QED) is 0.575. The van der Waals surface area contributed by atoms with E-state index >= 15 is 0 Å². The molecule has 0 fully saturated rings. The maximum atomic E-state index is 5.75. The second kappa shape index (κ2) is 2.45. The van der Waals surface area contributed by atoms with Crippen molar-refractivity contribution in [1.29, 1.82) is 0 Å². The van der Waals surface area contributed by atoms with E-state index in [2.05, 4.69) is 9.97 Å². The smallest absolute Gasteiger partial charge is 0.147 e. The van der Waals surface area contributed by atoms with Gasteiger partial charge in [-0.25, -0.2) is 4.98 Å². The number of hydrogen-bond acceptors (Lipinski definition) is 3. The molecule has 3 heterocycles. The zero-order valence-corrected chi connectivity index (χ0v) is 7.38. The molecule has 0 bridgehead atoms. The number of anilines is 1. The summed E-state index contributed by atoms with van der Waals surface area (Å²) in [6.07, 6.45) is 5.31. The average Bonchev–Trinajstić information content (AvgIpc) is 2.61. The molecule has 0 atom stereocenters. The van der Waals surface area contributed by atoms with E-state index in [0.717, 1.165) is 16.6 Å². The molecule has 3 aromatic rings. The van der Waals surface area contributed by atoms with Gasteiger partial charge in [0.25, 0.3) is 0 Å². The molecule has 3 aromatic heterocycles. The molecule has 0 spiro atoms. The lowest BCUT2D eigenvalue weighted by Gasteiger charge is -1.99. The number of imidazole rings is 1. The number of nitrogens with two attached hydrogens (primary N) is 1. The Morgan fingerprint density at radius 2 is 2.14 bits per heavy atom. The molecule has 3 rings (SSSR count). The van der Waals surface area contributed by atoms with Crippen LogP contribution < -0.4 is 5.73 Å². The summed E-state index contributed by atoms with van der Waals surface area (Å²) in [7, 11) is 0. The van der Waals surface area contributed by atoms with Gasteiger partial charge in [0.15, 0.2) is 0 Å². The highest BCUT2D eigenvalue weighted by Gasteiger charge is 2.03. The number of pyridine rings is 2. The van der Waals surface area contributed by atoms with Gasteiger partial charge in [-0.1, -0.05) is 0 Å². The molecule has 0 saturated carbocycles. The molecule has 0 aromatic carbocycles. The molecular formula is C10H8N4. The van der Waals surface area contributed by atoms with Crippen molar-refractivity contribution >= 4 is 22.4 Å². The summed E-state index contributed by atoms with van der Waals surface area (Å²) < 4.78 is 1.85. The Morgan fingerprint density at radius 1 is 1.21 bits per heavy atom. The van der Waals surface area contributed by atoms with Gasteiger partial charge in [-0.15, -0.1) is 0 Å². The Kier molecular flexibility index (Phi) is 1.28. The number of rotatable bonds is 0. The first-order valence-corrected chi connectivity index (χ1v) is 4.32. The second-order valence-electron chi connectivity index (χ2n) is 3.13. The lowest BCUT2D eigenvalue weighted by Crippen LogP contribution is -1.92. The predicted molar refractivity (Wildman–Crippen MR) is 54.9 cm³/mol. The highest BCUT2D eigenvalue weighted by Crippen LogP contribution is 2.18. The molecule has 2 N–H and O–H groups in total. The summed E-state index contributed by atoms with van der Waals surface area (Å²) in [5, 5.41) is 1.02. The molecule has 0 amide bonds. The Hall–Kier alpha value is -2.10. The summed E-state index contributed by atoms with van der Waals surface area (Å²) in [6.45, 7) is 0. The average molecular weight is 184 g/mol. The van der Waals surface area contributed by atoms with E-state index in [-0.39, 0.29) is 0 Å². The molecule has 68 valence electrons. The minimum Gasteiger partial charge on any atom is -0.383 e. The van der Waals surface area contributed by atoms with Crippen LogP contribution in [0, 0.1) is 0 Å². The molecule has 0 saturated heterocycles. The fraction of sp³-hybridized carbons (Fsp3) is 0. The third-order valence-corrected chi connectivity index (χ3v) is 2.29. The van der Waals surface area contributed by atoms with E-state index in [1.165, 1.54) is 0 Å².